The van der Waals surface area contributed by atoms with Gasteiger partial charge in [-0.05, 0) is 82.9 Å². The number of aryl methyl sites for hydroxylation is 1. The van der Waals surface area contributed by atoms with Gasteiger partial charge in [0.1, 0.15) is 6.04 Å². The smallest absolute Gasteiger partial charge is 0.275 e. The second kappa shape index (κ2) is 12.6. The number of amides is 3. The molecule has 2 fully saturated rings. The molecule has 0 aliphatic carbocycles. The van der Waals surface area contributed by atoms with E-state index in [0.29, 0.717) is 41.3 Å². The van der Waals surface area contributed by atoms with Crippen molar-refractivity contribution in [3.8, 4) is 17.6 Å². The quantitative estimate of drug-likeness (QED) is 0.416. The SMILES string of the molecule is COc1cc(C(=O)N[C@H](C)C(=O)N2[C@H](c3cccc(Cl)c3)CC[C@@H]2C(C)(C)C#N)cc(C)c1OC1CC(C)NNC1=O. The molecule has 0 aromatic heterocycles. The van der Waals surface area contributed by atoms with Gasteiger partial charge in [-0.1, -0.05) is 23.7 Å². The lowest BCUT2D eigenvalue weighted by Crippen LogP contribution is -2.56. The van der Waals surface area contributed by atoms with Crippen molar-refractivity contribution in [2.75, 3.05) is 7.11 Å². The molecule has 2 aliphatic rings. The highest BCUT2D eigenvalue weighted by molar-refractivity contribution is 6.30. The molecular formula is C31H38ClN5O5. The summed E-state index contributed by atoms with van der Waals surface area (Å²) in [5.74, 6) is -0.370. The minimum Gasteiger partial charge on any atom is -0.493 e. The van der Waals surface area contributed by atoms with Crippen LogP contribution in [0.25, 0.3) is 0 Å². The highest BCUT2D eigenvalue weighted by atomic mass is 35.5. The summed E-state index contributed by atoms with van der Waals surface area (Å²) in [5, 5.41) is 13.3. The van der Waals surface area contributed by atoms with E-state index >= 15 is 0 Å². The number of carbonyl (C=O) groups excluding carboxylic acids is 3. The van der Waals surface area contributed by atoms with E-state index in [0.717, 1.165) is 5.56 Å². The normalized spacial score (nSPS) is 23.0. The average molecular weight is 596 g/mol. The number of hydrogen-bond donors (Lipinski definition) is 3. The summed E-state index contributed by atoms with van der Waals surface area (Å²) in [6.07, 6.45) is 1.07. The van der Waals surface area contributed by atoms with Crippen molar-refractivity contribution in [1.29, 1.82) is 5.26 Å². The topological polar surface area (TPSA) is 133 Å². The Morgan fingerprint density at radius 1 is 1.24 bits per heavy atom. The molecule has 2 heterocycles. The fourth-order valence-corrected chi connectivity index (χ4v) is 5.89. The second-order valence-electron chi connectivity index (χ2n) is 11.6. The van der Waals surface area contributed by atoms with Gasteiger partial charge in [0.15, 0.2) is 17.6 Å². The molecule has 42 heavy (non-hydrogen) atoms. The van der Waals surface area contributed by atoms with E-state index in [9.17, 15) is 19.6 Å². The third-order valence-corrected chi connectivity index (χ3v) is 8.23. The largest absolute Gasteiger partial charge is 0.493 e. The van der Waals surface area contributed by atoms with Crippen LogP contribution in [0.3, 0.4) is 0 Å². The zero-order valence-corrected chi connectivity index (χ0v) is 25.5. The molecule has 2 aromatic carbocycles. The lowest BCUT2D eigenvalue weighted by molar-refractivity contribution is -0.137. The molecule has 2 saturated heterocycles. The van der Waals surface area contributed by atoms with Crippen molar-refractivity contribution in [3.63, 3.8) is 0 Å². The molecule has 2 aliphatic heterocycles. The number of carbonyl (C=O) groups is 3. The molecule has 224 valence electrons. The number of hydrazine groups is 1. The lowest BCUT2D eigenvalue weighted by atomic mass is 9.84. The number of halogens is 1. The van der Waals surface area contributed by atoms with Crippen molar-refractivity contribution < 1.29 is 23.9 Å². The lowest BCUT2D eigenvalue weighted by Gasteiger charge is -2.38. The molecule has 11 heteroatoms. The Kier molecular flexibility index (Phi) is 9.34. The summed E-state index contributed by atoms with van der Waals surface area (Å²) in [6.45, 7) is 8.99. The van der Waals surface area contributed by atoms with E-state index in [1.165, 1.54) is 13.2 Å². The Bertz CT molecular complexity index is 1410. The number of nitriles is 1. The zero-order valence-electron chi connectivity index (χ0n) is 24.8. The molecule has 0 spiro atoms. The zero-order chi connectivity index (χ0) is 30.8. The number of rotatable bonds is 8. The molecule has 10 nitrogen and oxygen atoms in total. The highest BCUT2D eigenvalue weighted by Gasteiger charge is 2.46. The minimum absolute atomic E-state index is 0.0236. The summed E-state index contributed by atoms with van der Waals surface area (Å²) in [6, 6.07) is 11.4. The van der Waals surface area contributed by atoms with Crippen molar-refractivity contribution >= 4 is 29.3 Å². The van der Waals surface area contributed by atoms with Crippen molar-refractivity contribution in [3.05, 3.63) is 58.1 Å². The Morgan fingerprint density at radius 3 is 2.64 bits per heavy atom. The van der Waals surface area contributed by atoms with Crippen molar-refractivity contribution in [1.82, 2.24) is 21.1 Å². The first-order valence-electron chi connectivity index (χ1n) is 14.1. The number of nitrogens with one attached hydrogen (secondary N) is 3. The maximum Gasteiger partial charge on any atom is 0.275 e. The molecular weight excluding hydrogens is 558 g/mol. The Hall–Kier alpha value is -3.81. The molecule has 2 aromatic rings. The fraction of sp³-hybridized carbons (Fsp3) is 0.484. The van der Waals surface area contributed by atoms with Crippen LogP contribution in [0.5, 0.6) is 11.5 Å². The molecule has 2 unspecified atom stereocenters. The molecule has 5 atom stereocenters. The summed E-state index contributed by atoms with van der Waals surface area (Å²) in [7, 11) is 1.46. The maximum atomic E-state index is 14.0. The fourth-order valence-electron chi connectivity index (χ4n) is 5.69. The van der Waals surface area contributed by atoms with Gasteiger partial charge in [0.05, 0.1) is 30.7 Å². The minimum atomic E-state index is -0.878. The number of benzene rings is 2. The third-order valence-electron chi connectivity index (χ3n) is 8.00. The Balaban J connectivity index is 1.55. The number of hydrogen-bond acceptors (Lipinski definition) is 7. The van der Waals surface area contributed by atoms with Crippen molar-refractivity contribution in [2.24, 2.45) is 5.41 Å². The van der Waals surface area contributed by atoms with Gasteiger partial charge in [0.2, 0.25) is 5.91 Å². The maximum absolute atomic E-state index is 14.0. The van der Waals surface area contributed by atoms with Crippen LogP contribution in [0.15, 0.2) is 36.4 Å². The van der Waals surface area contributed by atoms with Gasteiger partial charge in [-0.15, -0.1) is 0 Å². The highest BCUT2D eigenvalue weighted by Crippen LogP contribution is 2.44. The number of ether oxygens (including phenoxy) is 2. The molecule has 3 N–H and O–H groups in total. The van der Waals surface area contributed by atoms with Crippen molar-refractivity contribution in [2.45, 2.75) is 84.2 Å². The first-order valence-corrected chi connectivity index (χ1v) is 14.4. The molecule has 0 bridgehead atoms. The first-order chi connectivity index (χ1) is 19.9. The molecule has 4 rings (SSSR count). The summed E-state index contributed by atoms with van der Waals surface area (Å²) in [4.78, 5) is 41.4. The van der Waals surface area contributed by atoms with Crippen LogP contribution in [0.2, 0.25) is 5.02 Å². The standard InChI is InChI=1S/C31H38ClN5O5/c1-17-12-21(15-24(41-6)27(17)42-25-13-18(2)35-36-29(25)39)28(38)34-19(3)30(40)37-23(20-8-7-9-22(32)14-20)10-11-26(37)31(4,5)16-33/h7-9,12,14-15,18-19,23,25-26,35H,10-11,13H2,1-6H3,(H,34,38)(H,36,39)/t18?,19-,23+,25?,26-/m1/s1. The predicted molar refractivity (Wildman–Crippen MR) is 158 cm³/mol. The number of methoxy groups -OCH3 is 1. The summed E-state index contributed by atoms with van der Waals surface area (Å²) >= 11 is 6.27. The summed E-state index contributed by atoms with van der Waals surface area (Å²) in [5.41, 5.74) is 6.45. The van der Waals surface area contributed by atoms with Crippen LogP contribution >= 0.6 is 11.6 Å². The summed E-state index contributed by atoms with van der Waals surface area (Å²) < 4.78 is 11.5. The average Bonchev–Trinajstić information content (AvgIpc) is 3.41. The van der Waals surface area contributed by atoms with Gasteiger partial charge in [-0.25, -0.2) is 5.43 Å². The second-order valence-corrected chi connectivity index (χ2v) is 12.1. The number of likely N-dealkylation sites (tertiary alicyclic amines) is 1. The van der Waals surface area contributed by atoms with Gasteiger partial charge >= 0.3 is 0 Å². The van der Waals surface area contributed by atoms with Crippen LogP contribution in [-0.4, -0.2) is 54.0 Å². The van der Waals surface area contributed by atoms with Gasteiger partial charge in [0, 0.05) is 23.0 Å². The van der Waals surface area contributed by atoms with Gasteiger partial charge < -0.3 is 19.7 Å². The Morgan fingerprint density at radius 2 is 1.98 bits per heavy atom. The van der Waals surface area contributed by atoms with Crippen LogP contribution in [0.4, 0.5) is 0 Å². The van der Waals surface area contributed by atoms with E-state index in [1.807, 2.05) is 39.0 Å². The number of nitrogens with zero attached hydrogens (tertiary/aromatic N) is 2. The van der Waals surface area contributed by atoms with Gasteiger partial charge in [-0.3, -0.25) is 19.8 Å². The van der Waals surface area contributed by atoms with Gasteiger partial charge in [0.25, 0.3) is 11.8 Å². The van der Waals surface area contributed by atoms with Crippen LogP contribution in [-0.2, 0) is 9.59 Å². The van der Waals surface area contributed by atoms with E-state index in [1.54, 1.807) is 30.9 Å². The van der Waals surface area contributed by atoms with E-state index in [-0.39, 0.29) is 35.5 Å². The van der Waals surface area contributed by atoms with Crippen LogP contribution in [0, 0.1) is 23.7 Å². The predicted octanol–water partition coefficient (Wildman–Crippen LogP) is 4.22. The van der Waals surface area contributed by atoms with E-state index in [4.69, 9.17) is 21.1 Å². The molecule has 3 amide bonds. The van der Waals surface area contributed by atoms with Crippen LogP contribution in [0.1, 0.15) is 74.5 Å². The Labute approximate surface area is 251 Å². The third kappa shape index (κ3) is 6.48. The molecule has 0 saturated carbocycles. The van der Waals surface area contributed by atoms with Gasteiger partial charge in [-0.2, -0.15) is 5.26 Å². The monoisotopic (exact) mass is 595 g/mol. The van der Waals surface area contributed by atoms with Crippen LogP contribution < -0.4 is 25.6 Å². The van der Waals surface area contributed by atoms with E-state index < -0.39 is 23.5 Å². The van der Waals surface area contributed by atoms with E-state index in [2.05, 4.69) is 22.2 Å². The molecule has 0 radical (unpaired) electrons. The first kappa shape index (κ1) is 31.1.